The summed E-state index contributed by atoms with van der Waals surface area (Å²) in [5.41, 5.74) is 2.98. The monoisotopic (exact) mass is 501 g/mol. The van der Waals surface area contributed by atoms with Gasteiger partial charge in [0.2, 0.25) is 0 Å². The summed E-state index contributed by atoms with van der Waals surface area (Å²) in [6.07, 6.45) is 2.31. The standard InChI is InChI=1S/C28H36ClNO3S/c1-19-10-8-9-11-23(19)34-30-24(27(2,3)4)16-21(17-32-18-25(31)33-28(5,6)7)26(30)20-12-14-22(29)15-13-20/h8-16,24,26H,17-18H2,1-7H3. The van der Waals surface area contributed by atoms with Crippen molar-refractivity contribution >= 4 is 29.5 Å². The summed E-state index contributed by atoms with van der Waals surface area (Å²) in [4.78, 5) is 13.4. The lowest BCUT2D eigenvalue weighted by Gasteiger charge is -2.37. The third-order valence-electron chi connectivity index (χ3n) is 5.53. The molecule has 6 heteroatoms. The topological polar surface area (TPSA) is 38.8 Å². The average molecular weight is 502 g/mol. The van der Waals surface area contributed by atoms with Gasteiger partial charge in [-0.2, -0.15) is 0 Å². The molecule has 1 aliphatic rings. The van der Waals surface area contributed by atoms with E-state index in [0.29, 0.717) is 11.6 Å². The Hall–Kier alpha value is -1.79. The quantitative estimate of drug-likeness (QED) is 0.224. The summed E-state index contributed by atoms with van der Waals surface area (Å²) in [7, 11) is 0. The number of aryl methyl sites for hydroxylation is 1. The molecule has 184 valence electrons. The molecule has 34 heavy (non-hydrogen) atoms. The molecule has 0 fully saturated rings. The molecule has 2 unspecified atom stereocenters. The van der Waals surface area contributed by atoms with Crippen LogP contribution in [0.25, 0.3) is 0 Å². The number of esters is 1. The van der Waals surface area contributed by atoms with Gasteiger partial charge in [0, 0.05) is 16.0 Å². The summed E-state index contributed by atoms with van der Waals surface area (Å²) >= 11 is 7.98. The average Bonchev–Trinajstić information content (AvgIpc) is 3.07. The van der Waals surface area contributed by atoms with Crippen molar-refractivity contribution in [3.8, 4) is 0 Å². The first-order chi connectivity index (χ1) is 15.8. The first-order valence-corrected chi connectivity index (χ1v) is 12.8. The van der Waals surface area contributed by atoms with Crippen LogP contribution in [-0.2, 0) is 14.3 Å². The second-order valence-corrected chi connectivity index (χ2v) is 12.3. The van der Waals surface area contributed by atoms with Gasteiger partial charge in [0.05, 0.1) is 12.6 Å². The summed E-state index contributed by atoms with van der Waals surface area (Å²) in [6.45, 7) is 14.7. The van der Waals surface area contributed by atoms with E-state index in [9.17, 15) is 4.79 Å². The van der Waals surface area contributed by atoms with Gasteiger partial charge in [0.1, 0.15) is 12.2 Å². The van der Waals surface area contributed by atoms with Crippen molar-refractivity contribution in [1.82, 2.24) is 4.31 Å². The van der Waals surface area contributed by atoms with Crippen LogP contribution in [0, 0.1) is 12.3 Å². The van der Waals surface area contributed by atoms with E-state index in [4.69, 9.17) is 21.1 Å². The number of nitrogens with zero attached hydrogens (tertiary/aromatic N) is 1. The van der Waals surface area contributed by atoms with Gasteiger partial charge in [-0.05, 0) is 80.0 Å². The minimum atomic E-state index is -0.531. The highest BCUT2D eigenvalue weighted by Gasteiger charge is 2.42. The van der Waals surface area contributed by atoms with Crippen molar-refractivity contribution in [3.05, 3.63) is 76.3 Å². The predicted octanol–water partition coefficient (Wildman–Crippen LogP) is 7.41. The Morgan fingerprint density at radius 3 is 2.26 bits per heavy atom. The third kappa shape index (κ3) is 7.11. The molecule has 1 aliphatic heterocycles. The predicted molar refractivity (Wildman–Crippen MR) is 141 cm³/mol. The number of hydrogen-bond acceptors (Lipinski definition) is 5. The van der Waals surface area contributed by atoms with Gasteiger partial charge >= 0.3 is 5.97 Å². The molecule has 3 rings (SSSR count). The van der Waals surface area contributed by atoms with Gasteiger partial charge < -0.3 is 9.47 Å². The van der Waals surface area contributed by atoms with Crippen molar-refractivity contribution in [2.45, 2.75) is 71.0 Å². The first kappa shape index (κ1) is 26.8. The Labute approximate surface area is 213 Å². The van der Waals surface area contributed by atoms with E-state index >= 15 is 0 Å². The number of rotatable bonds is 7. The largest absolute Gasteiger partial charge is 0.458 e. The Morgan fingerprint density at radius 2 is 1.68 bits per heavy atom. The molecule has 2 aromatic carbocycles. The van der Waals surface area contributed by atoms with Gasteiger partial charge in [-0.3, -0.25) is 0 Å². The normalized spacial score (nSPS) is 19.2. The lowest BCUT2D eigenvalue weighted by atomic mass is 9.87. The van der Waals surface area contributed by atoms with Crippen molar-refractivity contribution in [2.24, 2.45) is 5.41 Å². The van der Waals surface area contributed by atoms with Crippen LogP contribution in [0.3, 0.4) is 0 Å². The Morgan fingerprint density at radius 1 is 1.03 bits per heavy atom. The first-order valence-electron chi connectivity index (χ1n) is 11.6. The summed E-state index contributed by atoms with van der Waals surface area (Å²) in [5, 5.41) is 0.707. The summed E-state index contributed by atoms with van der Waals surface area (Å²) in [5.74, 6) is -0.354. The number of carbonyl (C=O) groups excluding carboxylic acids is 1. The van der Waals surface area contributed by atoms with E-state index in [2.05, 4.69) is 74.5 Å². The van der Waals surface area contributed by atoms with E-state index in [0.717, 1.165) is 11.1 Å². The minimum absolute atomic E-state index is 0.00667. The molecule has 0 bridgehead atoms. The van der Waals surface area contributed by atoms with Crippen molar-refractivity contribution < 1.29 is 14.3 Å². The fourth-order valence-electron chi connectivity index (χ4n) is 3.96. The number of halogens is 1. The van der Waals surface area contributed by atoms with Gasteiger partial charge in [0.15, 0.2) is 0 Å². The number of ether oxygens (including phenoxy) is 2. The minimum Gasteiger partial charge on any atom is -0.458 e. The van der Waals surface area contributed by atoms with Gasteiger partial charge in [-0.25, -0.2) is 9.10 Å². The van der Waals surface area contributed by atoms with Gasteiger partial charge in [0.25, 0.3) is 0 Å². The van der Waals surface area contributed by atoms with E-state index < -0.39 is 5.60 Å². The molecule has 2 atom stereocenters. The van der Waals surface area contributed by atoms with E-state index in [1.54, 1.807) is 11.9 Å². The molecule has 0 amide bonds. The zero-order valence-electron chi connectivity index (χ0n) is 21.2. The van der Waals surface area contributed by atoms with E-state index in [-0.39, 0.29) is 30.1 Å². The Bertz CT molecular complexity index is 1020. The molecule has 0 N–H and O–H groups in total. The Kier molecular flexibility index (Phi) is 8.56. The van der Waals surface area contributed by atoms with Crippen LogP contribution in [-0.4, -0.2) is 35.1 Å². The van der Waals surface area contributed by atoms with Crippen LogP contribution in [0.5, 0.6) is 0 Å². The van der Waals surface area contributed by atoms with Crippen LogP contribution in [0.15, 0.2) is 65.1 Å². The number of benzene rings is 2. The number of carbonyl (C=O) groups is 1. The zero-order valence-corrected chi connectivity index (χ0v) is 22.8. The van der Waals surface area contributed by atoms with Crippen LogP contribution in [0.2, 0.25) is 5.02 Å². The van der Waals surface area contributed by atoms with Gasteiger partial charge in [-0.15, -0.1) is 0 Å². The molecule has 0 saturated carbocycles. The lowest BCUT2D eigenvalue weighted by Crippen LogP contribution is -2.37. The maximum absolute atomic E-state index is 12.2. The van der Waals surface area contributed by atoms with Crippen LogP contribution in [0.4, 0.5) is 0 Å². The van der Waals surface area contributed by atoms with Crippen molar-refractivity contribution in [3.63, 3.8) is 0 Å². The lowest BCUT2D eigenvalue weighted by molar-refractivity contribution is -0.159. The molecule has 4 nitrogen and oxygen atoms in total. The Balaban J connectivity index is 1.90. The summed E-state index contributed by atoms with van der Waals surface area (Å²) in [6, 6.07) is 16.6. The van der Waals surface area contributed by atoms with Gasteiger partial charge in [-0.1, -0.05) is 68.8 Å². The maximum Gasteiger partial charge on any atom is 0.332 e. The van der Waals surface area contributed by atoms with E-state index in [1.165, 1.54) is 10.5 Å². The second-order valence-electron chi connectivity index (χ2n) is 10.8. The molecule has 0 aliphatic carbocycles. The summed E-state index contributed by atoms with van der Waals surface area (Å²) < 4.78 is 13.7. The molecule has 0 spiro atoms. The van der Waals surface area contributed by atoms with Crippen LogP contribution in [0.1, 0.15) is 58.7 Å². The third-order valence-corrected chi connectivity index (χ3v) is 7.09. The van der Waals surface area contributed by atoms with Crippen LogP contribution < -0.4 is 0 Å². The zero-order chi connectivity index (χ0) is 25.1. The smallest absolute Gasteiger partial charge is 0.332 e. The van der Waals surface area contributed by atoms with E-state index in [1.807, 2.05) is 32.9 Å². The SMILES string of the molecule is Cc1ccccc1SN1C(c2ccc(Cl)cc2)C(COCC(=O)OC(C)(C)C)=CC1C(C)(C)C. The highest BCUT2D eigenvalue weighted by molar-refractivity contribution is 7.97. The molecule has 0 aromatic heterocycles. The fourth-order valence-corrected chi connectivity index (χ4v) is 5.52. The maximum atomic E-state index is 12.2. The van der Waals surface area contributed by atoms with Crippen molar-refractivity contribution in [1.29, 1.82) is 0 Å². The van der Waals surface area contributed by atoms with Crippen molar-refractivity contribution in [2.75, 3.05) is 13.2 Å². The fraction of sp³-hybridized carbons (Fsp3) is 0.464. The molecule has 2 aromatic rings. The highest BCUT2D eigenvalue weighted by atomic mass is 35.5. The number of hydrogen-bond donors (Lipinski definition) is 0. The molecular weight excluding hydrogens is 466 g/mol. The molecular formula is C28H36ClNO3S. The van der Waals surface area contributed by atoms with Crippen LogP contribution >= 0.6 is 23.5 Å². The second kappa shape index (κ2) is 10.9. The molecule has 1 heterocycles. The molecule has 0 radical (unpaired) electrons. The molecule has 0 saturated heterocycles. The highest BCUT2D eigenvalue weighted by Crippen LogP contribution is 2.49.